The number of carbonyl (C=O) groups excluding carboxylic acids is 1. The van der Waals surface area contributed by atoms with Crippen LogP contribution in [0.3, 0.4) is 0 Å². The third-order valence-corrected chi connectivity index (χ3v) is 2.66. The fraction of sp³-hybridized carbons (Fsp3) is 0.286. The van der Waals surface area contributed by atoms with E-state index in [1.54, 1.807) is 29.9 Å². The lowest BCUT2D eigenvalue weighted by atomic mass is 10.2. The minimum Gasteiger partial charge on any atom is -0.392 e. The second-order valence-electron chi connectivity index (χ2n) is 4.57. The molecule has 1 aromatic heterocycles. The summed E-state index contributed by atoms with van der Waals surface area (Å²) in [6.07, 6.45) is 3.15. The molecular formula is C14H17N3O2. The van der Waals surface area contributed by atoms with Gasteiger partial charge in [0.25, 0.3) is 5.91 Å². The molecule has 1 atom stereocenters. The number of rotatable bonds is 4. The molecule has 100 valence electrons. The Kier molecular flexibility index (Phi) is 3.97. The molecule has 0 aliphatic heterocycles. The van der Waals surface area contributed by atoms with E-state index in [-0.39, 0.29) is 12.5 Å². The lowest BCUT2D eigenvalue weighted by Crippen LogP contribution is -2.30. The summed E-state index contributed by atoms with van der Waals surface area (Å²) in [6.45, 7) is 3.85. The van der Waals surface area contributed by atoms with Crippen LogP contribution in [0.2, 0.25) is 0 Å². The fourth-order valence-electron chi connectivity index (χ4n) is 1.66. The molecule has 0 fully saturated rings. The van der Waals surface area contributed by atoms with E-state index in [0.717, 1.165) is 11.3 Å². The average molecular weight is 259 g/mol. The zero-order valence-corrected chi connectivity index (χ0v) is 11.0. The Morgan fingerprint density at radius 3 is 2.63 bits per heavy atom. The van der Waals surface area contributed by atoms with E-state index in [0.29, 0.717) is 5.56 Å². The van der Waals surface area contributed by atoms with E-state index >= 15 is 0 Å². The summed E-state index contributed by atoms with van der Waals surface area (Å²) in [5.41, 5.74) is 2.55. The van der Waals surface area contributed by atoms with Crippen LogP contribution in [0.25, 0.3) is 5.69 Å². The number of aromatic nitrogens is 2. The van der Waals surface area contributed by atoms with E-state index in [1.807, 2.05) is 25.3 Å². The van der Waals surface area contributed by atoms with Gasteiger partial charge in [0.05, 0.1) is 18.0 Å². The van der Waals surface area contributed by atoms with Gasteiger partial charge in [0.1, 0.15) is 0 Å². The van der Waals surface area contributed by atoms with E-state index < -0.39 is 6.10 Å². The molecule has 0 radical (unpaired) electrons. The maximum absolute atomic E-state index is 11.8. The Morgan fingerprint density at radius 2 is 2.11 bits per heavy atom. The van der Waals surface area contributed by atoms with Crippen molar-refractivity contribution in [3.05, 3.63) is 47.8 Å². The van der Waals surface area contributed by atoms with Gasteiger partial charge in [-0.2, -0.15) is 5.10 Å². The largest absolute Gasteiger partial charge is 0.392 e. The van der Waals surface area contributed by atoms with Crippen molar-refractivity contribution in [2.75, 3.05) is 6.54 Å². The summed E-state index contributed by atoms with van der Waals surface area (Å²) < 4.78 is 1.76. The molecule has 2 N–H and O–H groups in total. The van der Waals surface area contributed by atoms with Crippen LogP contribution in [0, 0.1) is 6.92 Å². The third-order valence-electron chi connectivity index (χ3n) is 2.66. The SMILES string of the molecule is Cc1cnn(-c2ccc(C(=O)NCC(C)O)cc2)c1. The highest BCUT2D eigenvalue weighted by Crippen LogP contribution is 2.09. The highest BCUT2D eigenvalue weighted by molar-refractivity contribution is 5.94. The zero-order valence-electron chi connectivity index (χ0n) is 11.0. The monoisotopic (exact) mass is 259 g/mol. The molecule has 0 aliphatic carbocycles. The minimum atomic E-state index is -0.546. The van der Waals surface area contributed by atoms with Crippen molar-refractivity contribution in [1.82, 2.24) is 15.1 Å². The molecule has 1 unspecified atom stereocenters. The number of carbonyl (C=O) groups is 1. The molecule has 1 amide bonds. The summed E-state index contributed by atoms with van der Waals surface area (Å²) >= 11 is 0. The molecule has 2 rings (SSSR count). The molecule has 2 aromatic rings. The molecule has 0 saturated carbocycles. The van der Waals surface area contributed by atoms with Crippen LogP contribution in [0.15, 0.2) is 36.7 Å². The van der Waals surface area contributed by atoms with Gasteiger partial charge in [0.15, 0.2) is 0 Å². The Morgan fingerprint density at radius 1 is 1.42 bits per heavy atom. The molecule has 0 saturated heterocycles. The fourth-order valence-corrected chi connectivity index (χ4v) is 1.66. The maximum atomic E-state index is 11.8. The van der Waals surface area contributed by atoms with E-state index in [1.165, 1.54) is 0 Å². The van der Waals surface area contributed by atoms with E-state index in [9.17, 15) is 4.79 Å². The number of aryl methyl sites for hydroxylation is 1. The minimum absolute atomic E-state index is 0.191. The average Bonchev–Trinajstić information content (AvgIpc) is 2.83. The van der Waals surface area contributed by atoms with Crippen LogP contribution in [-0.4, -0.2) is 33.4 Å². The predicted octanol–water partition coefficient (Wildman–Crippen LogP) is 1.29. The number of hydrogen-bond donors (Lipinski definition) is 2. The number of amides is 1. The number of nitrogens with one attached hydrogen (secondary N) is 1. The number of aliphatic hydroxyl groups is 1. The van der Waals surface area contributed by atoms with Crippen LogP contribution in [0.4, 0.5) is 0 Å². The number of nitrogens with zero attached hydrogens (tertiary/aromatic N) is 2. The molecule has 5 nitrogen and oxygen atoms in total. The van der Waals surface area contributed by atoms with Crippen molar-refractivity contribution in [1.29, 1.82) is 0 Å². The number of hydrogen-bond acceptors (Lipinski definition) is 3. The first-order chi connectivity index (χ1) is 9.06. The van der Waals surface area contributed by atoms with Gasteiger partial charge < -0.3 is 10.4 Å². The first-order valence-electron chi connectivity index (χ1n) is 6.14. The first kappa shape index (κ1) is 13.3. The molecular weight excluding hydrogens is 242 g/mol. The van der Waals surface area contributed by atoms with Gasteiger partial charge in [-0.15, -0.1) is 0 Å². The van der Waals surface area contributed by atoms with Crippen molar-refractivity contribution in [3.8, 4) is 5.69 Å². The van der Waals surface area contributed by atoms with Gasteiger partial charge in [0, 0.05) is 18.3 Å². The topological polar surface area (TPSA) is 67.2 Å². The van der Waals surface area contributed by atoms with Crippen molar-refractivity contribution in [2.24, 2.45) is 0 Å². The van der Waals surface area contributed by atoms with Crippen LogP contribution in [-0.2, 0) is 0 Å². The first-order valence-corrected chi connectivity index (χ1v) is 6.14. The molecule has 19 heavy (non-hydrogen) atoms. The van der Waals surface area contributed by atoms with E-state index in [2.05, 4.69) is 10.4 Å². The van der Waals surface area contributed by atoms with Crippen molar-refractivity contribution in [3.63, 3.8) is 0 Å². The molecule has 0 spiro atoms. The number of aliphatic hydroxyl groups excluding tert-OH is 1. The smallest absolute Gasteiger partial charge is 0.251 e. The Labute approximate surface area is 111 Å². The third kappa shape index (κ3) is 3.42. The summed E-state index contributed by atoms with van der Waals surface area (Å²) in [4.78, 5) is 11.8. The Hall–Kier alpha value is -2.14. The van der Waals surface area contributed by atoms with Gasteiger partial charge in [-0.3, -0.25) is 4.79 Å². The van der Waals surface area contributed by atoms with Crippen molar-refractivity contribution >= 4 is 5.91 Å². The molecule has 1 heterocycles. The summed E-state index contributed by atoms with van der Waals surface area (Å²) in [7, 11) is 0. The molecule has 0 aliphatic rings. The van der Waals surface area contributed by atoms with Crippen LogP contribution in [0.5, 0.6) is 0 Å². The van der Waals surface area contributed by atoms with E-state index in [4.69, 9.17) is 5.11 Å². The van der Waals surface area contributed by atoms with Gasteiger partial charge in [-0.05, 0) is 43.7 Å². The second-order valence-corrected chi connectivity index (χ2v) is 4.57. The molecule has 1 aromatic carbocycles. The summed E-state index contributed by atoms with van der Waals surface area (Å²) in [6, 6.07) is 7.15. The van der Waals surface area contributed by atoms with Crippen LogP contribution < -0.4 is 5.32 Å². The summed E-state index contributed by atoms with van der Waals surface area (Å²) in [5.74, 6) is -0.191. The lowest BCUT2D eigenvalue weighted by Gasteiger charge is -2.07. The lowest BCUT2D eigenvalue weighted by molar-refractivity contribution is 0.0924. The standard InChI is InChI=1S/C14H17N3O2/c1-10-7-16-17(9-10)13-5-3-12(4-6-13)14(19)15-8-11(2)18/h3-7,9,11,18H,8H2,1-2H3,(H,15,19). The molecule has 5 heteroatoms. The number of benzene rings is 1. The highest BCUT2D eigenvalue weighted by Gasteiger charge is 2.06. The van der Waals surface area contributed by atoms with Crippen molar-refractivity contribution < 1.29 is 9.90 Å². The van der Waals surface area contributed by atoms with Crippen molar-refractivity contribution in [2.45, 2.75) is 20.0 Å². The predicted molar refractivity (Wildman–Crippen MR) is 72.3 cm³/mol. The zero-order chi connectivity index (χ0) is 13.8. The molecule has 0 bridgehead atoms. The van der Waals surface area contributed by atoms with Gasteiger partial charge in [-0.1, -0.05) is 0 Å². The normalized spacial score (nSPS) is 12.2. The Balaban J connectivity index is 2.08. The second kappa shape index (κ2) is 5.67. The van der Waals surface area contributed by atoms with Crippen LogP contribution in [0.1, 0.15) is 22.8 Å². The van der Waals surface area contributed by atoms with Gasteiger partial charge >= 0.3 is 0 Å². The highest BCUT2D eigenvalue weighted by atomic mass is 16.3. The van der Waals surface area contributed by atoms with Gasteiger partial charge in [-0.25, -0.2) is 4.68 Å². The van der Waals surface area contributed by atoms with Gasteiger partial charge in [0.2, 0.25) is 0 Å². The van der Waals surface area contributed by atoms with Crippen LogP contribution >= 0.6 is 0 Å². The Bertz CT molecular complexity index is 558. The maximum Gasteiger partial charge on any atom is 0.251 e. The quantitative estimate of drug-likeness (QED) is 0.869. The summed E-state index contributed by atoms with van der Waals surface area (Å²) in [5, 5.41) is 16.0.